The number of rotatable bonds is 2. The molecule has 0 saturated carbocycles. The molecular weight excluding hydrogens is 456 g/mol. The van der Waals surface area contributed by atoms with Crippen molar-refractivity contribution in [3.63, 3.8) is 0 Å². The molecule has 2 rings (SSSR count). The molecule has 0 fully saturated rings. The molecule has 0 aliphatic rings. The third-order valence-electron chi connectivity index (χ3n) is 2.69. The molecule has 0 aliphatic carbocycles. The van der Waals surface area contributed by atoms with Crippen molar-refractivity contribution in [1.29, 1.82) is 0 Å². The first-order valence-electron chi connectivity index (χ1n) is 6.08. The van der Waals surface area contributed by atoms with Crippen LogP contribution in [0.15, 0.2) is 30.3 Å². The number of benzene rings is 1. The highest BCUT2D eigenvalue weighted by atomic mass is 127. The second kappa shape index (κ2) is 7.54. The zero-order valence-electron chi connectivity index (χ0n) is 11.3. The predicted octanol–water partition coefficient (Wildman–Crippen LogP) is 4.43. The van der Waals surface area contributed by atoms with Crippen molar-refractivity contribution < 1.29 is 4.79 Å². The third kappa shape index (κ3) is 4.28. The van der Waals surface area contributed by atoms with Gasteiger partial charge in [0.15, 0.2) is 5.11 Å². The Morgan fingerprint density at radius 2 is 2.00 bits per heavy atom. The van der Waals surface area contributed by atoms with E-state index >= 15 is 0 Å². The van der Waals surface area contributed by atoms with E-state index in [9.17, 15) is 4.79 Å². The minimum Gasteiger partial charge on any atom is -0.317 e. The third-order valence-corrected chi connectivity index (χ3v) is 4.85. The van der Waals surface area contributed by atoms with Crippen LogP contribution < -0.4 is 10.6 Å². The highest BCUT2D eigenvalue weighted by Crippen LogP contribution is 2.25. The standard InChI is InChI=1S/C14H10Cl2IN3OS/c1-7-10(17)5-6-11(18-7)19-14(22)20-13(21)8-3-2-4-9(15)12(8)16/h2-6H,1H3,(H2,18,19,20,21,22). The van der Waals surface area contributed by atoms with E-state index in [0.717, 1.165) is 9.26 Å². The fraction of sp³-hybridized carbons (Fsp3) is 0.0714. The maximum atomic E-state index is 12.1. The Balaban J connectivity index is 2.07. The largest absolute Gasteiger partial charge is 0.317 e. The van der Waals surface area contributed by atoms with Gasteiger partial charge in [0.2, 0.25) is 0 Å². The van der Waals surface area contributed by atoms with Gasteiger partial charge in [0.25, 0.3) is 5.91 Å². The molecule has 1 aromatic carbocycles. The first-order valence-corrected chi connectivity index (χ1v) is 8.32. The van der Waals surface area contributed by atoms with Gasteiger partial charge in [0.1, 0.15) is 5.82 Å². The number of halogens is 3. The summed E-state index contributed by atoms with van der Waals surface area (Å²) in [6, 6.07) is 8.50. The number of hydrogen-bond acceptors (Lipinski definition) is 3. The lowest BCUT2D eigenvalue weighted by Gasteiger charge is -2.11. The number of nitrogens with one attached hydrogen (secondary N) is 2. The first-order chi connectivity index (χ1) is 10.4. The fourth-order valence-corrected chi connectivity index (χ4v) is 2.49. The molecule has 0 aliphatic heterocycles. The van der Waals surface area contributed by atoms with Gasteiger partial charge in [0.05, 0.1) is 21.3 Å². The smallest absolute Gasteiger partial charge is 0.258 e. The van der Waals surface area contributed by atoms with Gasteiger partial charge in [-0.1, -0.05) is 29.3 Å². The molecule has 0 saturated heterocycles. The number of anilines is 1. The van der Waals surface area contributed by atoms with Crippen LogP contribution in [0.2, 0.25) is 10.0 Å². The number of carbonyl (C=O) groups is 1. The maximum absolute atomic E-state index is 12.1. The number of aryl methyl sites for hydroxylation is 1. The minimum atomic E-state index is -0.438. The molecule has 4 nitrogen and oxygen atoms in total. The zero-order valence-corrected chi connectivity index (χ0v) is 15.8. The van der Waals surface area contributed by atoms with Crippen molar-refractivity contribution in [2.75, 3.05) is 5.32 Å². The Morgan fingerprint density at radius 3 is 2.68 bits per heavy atom. The molecule has 0 unspecified atom stereocenters. The van der Waals surface area contributed by atoms with E-state index in [1.807, 2.05) is 13.0 Å². The lowest BCUT2D eigenvalue weighted by molar-refractivity contribution is 0.0978. The van der Waals surface area contributed by atoms with Crippen LogP contribution in [0.1, 0.15) is 16.1 Å². The Hall–Kier alpha value is -0.960. The number of amides is 1. The molecule has 0 atom stereocenters. The summed E-state index contributed by atoms with van der Waals surface area (Å²) in [7, 11) is 0. The highest BCUT2D eigenvalue weighted by molar-refractivity contribution is 14.1. The van der Waals surface area contributed by atoms with Gasteiger partial charge in [-0.2, -0.15) is 0 Å². The van der Waals surface area contributed by atoms with Gasteiger partial charge in [-0.3, -0.25) is 10.1 Å². The van der Waals surface area contributed by atoms with Crippen molar-refractivity contribution in [3.05, 3.63) is 55.2 Å². The maximum Gasteiger partial charge on any atom is 0.258 e. The second-order valence-electron chi connectivity index (χ2n) is 4.27. The number of aromatic nitrogens is 1. The van der Waals surface area contributed by atoms with E-state index in [2.05, 4.69) is 38.2 Å². The molecule has 2 N–H and O–H groups in total. The monoisotopic (exact) mass is 465 g/mol. The van der Waals surface area contributed by atoms with Crippen LogP contribution in [-0.4, -0.2) is 16.0 Å². The average molecular weight is 466 g/mol. The Morgan fingerprint density at radius 1 is 1.27 bits per heavy atom. The van der Waals surface area contributed by atoms with Crippen LogP contribution in [0.25, 0.3) is 0 Å². The lowest BCUT2D eigenvalue weighted by Crippen LogP contribution is -2.34. The summed E-state index contributed by atoms with van der Waals surface area (Å²) in [6.07, 6.45) is 0. The highest BCUT2D eigenvalue weighted by Gasteiger charge is 2.14. The zero-order chi connectivity index (χ0) is 16.3. The molecule has 1 heterocycles. The lowest BCUT2D eigenvalue weighted by atomic mass is 10.2. The summed E-state index contributed by atoms with van der Waals surface area (Å²) >= 11 is 19.2. The van der Waals surface area contributed by atoms with E-state index in [4.69, 9.17) is 35.4 Å². The topological polar surface area (TPSA) is 54.0 Å². The van der Waals surface area contributed by atoms with E-state index in [0.29, 0.717) is 10.8 Å². The number of pyridine rings is 1. The molecule has 1 amide bonds. The van der Waals surface area contributed by atoms with Crippen molar-refractivity contribution in [2.45, 2.75) is 6.92 Å². The van der Waals surface area contributed by atoms with Gasteiger partial charge in [0, 0.05) is 3.57 Å². The molecule has 8 heteroatoms. The van der Waals surface area contributed by atoms with E-state index in [1.165, 1.54) is 0 Å². The Kier molecular flexibility index (Phi) is 5.96. The Labute approximate surface area is 156 Å². The minimum absolute atomic E-state index is 0.133. The summed E-state index contributed by atoms with van der Waals surface area (Å²) in [4.78, 5) is 16.5. The average Bonchev–Trinajstić information content (AvgIpc) is 2.45. The van der Waals surface area contributed by atoms with Crippen LogP contribution in [0.5, 0.6) is 0 Å². The Bertz CT molecular complexity index is 755. The van der Waals surface area contributed by atoms with Crippen LogP contribution in [0.4, 0.5) is 5.82 Å². The van der Waals surface area contributed by atoms with Gasteiger partial charge in [-0.05, 0) is 66.0 Å². The summed E-state index contributed by atoms with van der Waals surface area (Å²) in [5.41, 5.74) is 1.13. The van der Waals surface area contributed by atoms with Gasteiger partial charge in [-0.15, -0.1) is 0 Å². The first kappa shape index (κ1) is 17.4. The molecule has 0 bridgehead atoms. The second-order valence-corrected chi connectivity index (χ2v) is 6.63. The molecule has 22 heavy (non-hydrogen) atoms. The van der Waals surface area contributed by atoms with Crippen LogP contribution in [-0.2, 0) is 0 Å². The van der Waals surface area contributed by atoms with Crippen LogP contribution in [0.3, 0.4) is 0 Å². The van der Waals surface area contributed by atoms with Crippen molar-refractivity contribution >= 4 is 74.8 Å². The summed E-state index contributed by atoms with van der Waals surface area (Å²) < 4.78 is 1.05. The number of thiocarbonyl (C=S) groups is 1. The molecular formula is C14H10Cl2IN3OS. The van der Waals surface area contributed by atoms with Crippen molar-refractivity contribution in [3.8, 4) is 0 Å². The summed E-state index contributed by atoms with van der Waals surface area (Å²) in [5.74, 6) is 0.118. The van der Waals surface area contributed by atoms with Gasteiger partial charge in [-0.25, -0.2) is 4.98 Å². The molecule has 114 valence electrons. The molecule has 0 radical (unpaired) electrons. The SMILES string of the molecule is Cc1nc(NC(=S)NC(=O)c2cccc(Cl)c2Cl)ccc1I. The molecule has 0 spiro atoms. The fourth-order valence-electron chi connectivity index (χ4n) is 1.61. The normalized spacial score (nSPS) is 10.2. The quantitative estimate of drug-likeness (QED) is 0.509. The van der Waals surface area contributed by atoms with Crippen LogP contribution in [0, 0.1) is 10.5 Å². The van der Waals surface area contributed by atoms with E-state index < -0.39 is 5.91 Å². The van der Waals surface area contributed by atoms with Crippen molar-refractivity contribution in [2.24, 2.45) is 0 Å². The summed E-state index contributed by atoms with van der Waals surface area (Å²) in [6.45, 7) is 1.89. The molecule has 2 aromatic rings. The predicted molar refractivity (Wildman–Crippen MR) is 102 cm³/mol. The summed E-state index contributed by atoms with van der Waals surface area (Å²) in [5, 5.41) is 6.03. The molecule has 1 aromatic heterocycles. The van der Waals surface area contributed by atoms with E-state index in [-0.39, 0.29) is 15.7 Å². The van der Waals surface area contributed by atoms with E-state index in [1.54, 1.807) is 24.3 Å². The number of nitrogens with zero attached hydrogens (tertiary/aromatic N) is 1. The van der Waals surface area contributed by atoms with Crippen LogP contribution >= 0.6 is 58.0 Å². The van der Waals surface area contributed by atoms with Gasteiger partial charge < -0.3 is 5.32 Å². The number of carbonyl (C=O) groups excluding carboxylic acids is 1. The van der Waals surface area contributed by atoms with Crippen molar-refractivity contribution in [1.82, 2.24) is 10.3 Å². The van der Waals surface area contributed by atoms with Gasteiger partial charge >= 0.3 is 0 Å². The number of hydrogen-bond donors (Lipinski definition) is 2.